The minimum absolute atomic E-state index is 0.299. The van der Waals surface area contributed by atoms with Crippen LogP contribution in [-0.2, 0) is 0 Å². The molecule has 2 aromatic rings. The lowest BCUT2D eigenvalue weighted by Crippen LogP contribution is -2.02. The SMILES string of the molecule is Cc1cc(-c2cc(N)n[nH]2)cc(C(=O)O)c1C. The standard InChI is InChI=1S/C12H13N3O2/c1-6-3-8(10-5-11(13)15-14-10)4-9(7(6)2)12(16)17/h3-5H,1-2H3,(H,16,17)(H3,13,14,15). The van der Waals surface area contributed by atoms with Gasteiger partial charge in [-0.2, -0.15) is 5.10 Å². The molecular weight excluding hydrogens is 218 g/mol. The molecule has 1 aromatic heterocycles. The van der Waals surface area contributed by atoms with Crippen molar-refractivity contribution < 1.29 is 9.90 Å². The molecule has 0 spiro atoms. The lowest BCUT2D eigenvalue weighted by Gasteiger charge is -2.07. The van der Waals surface area contributed by atoms with Crippen LogP contribution >= 0.6 is 0 Å². The Morgan fingerprint density at radius 3 is 2.59 bits per heavy atom. The Bertz CT molecular complexity index is 587. The third kappa shape index (κ3) is 1.99. The van der Waals surface area contributed by atoms with E-state index in [0.29, 0.717) is 17.1 Å². The molecule has 0 fully saturated rings. The number of benzene rings is 1. The van der Waals surface area contributed by atoms with Gasteiger partial charge in [-0.25, -0.2) is 4.79 Å². The van der Waals surface area contributed by atoms with Crippen molar-refractivity contribution in [3.8, 4) is 11.3 Å². The number of carbonyl (C=O) groups is 1. The fourth-order valence-electron chi connectivity index (χ4n) is 1.72. The lowest BCUT2D eigenvalue weighted by molar-refractivity contribution is 0.0696. The molecule has 0 bridgehead atoms. The summed E-state index contributed by atoms with van der Waals surface area (Å²) in [6.45, 7) is 3.68. The number of H-pyrrole nitrogens is 1. The molecule has 5 nitrogen and oxygen atoms in total. The number of carboxylic acids is 1. The fourth-order valence-corrected chi connectivity index (χ4v) is 1.72. The average molecular weight is 231 g/mol. The summed E-state index contributed by atoms with van der Waals surface area (Å²) in [6.07, 6.45) is 0. The average Bonchev–Trinajstić information content (AvgIpc) is 2.68. The predicted molar refractivity (Wildman–Crippen MR) is 64.9 cm³/mol. The number of hydrogen-bond donors (Lipinski definition) is 3. The second-order valence-corrected chi connectivity index (χ2v) is 3.98. The Balaban J connectivity index is 2.60. The Morgan fingerprint density at radius 1 is 1.35 bits per heavy atom. The summed E-state index contributed by atoms with van der Waals surface area (Å²) < 4.78 is 0. The van der Waals surface area contributed by atoms with Gasteiger partial charge < -0.3 is 10.8 Å². The van der Waals surface area contributed by atoms with Crippen molar-refractivity contribution in [1.29, 1.82) is 0 Å². The number of hydrogen-bond acceptors (Lipinski definition) is 3. The maximum Gasteiger partial charge on any atom is 0.335 e. The second kappa shape index (κ2) is 3.93. The van der Waals surface area contributed by atoms with Crippen LogP contribution in [0, 0.1) is 13.8 Å². The molecule has 0 unspecified atom stereocenters. The number of nitrogens with one attached hydrogen (secondary N) is 1. The summed E-state index contributed by atoms with van der Waals surface area (Å²) in [5.41, 5.74) is 9.01. The fraction of sp³-hybridized carbons (Fsp3) is 0.167. The number of nitrogen functional groups attached to an aromatic ring is 1. The molecule has 88 valence electrons. The van der Waals surface area contributed by atoms with Crippen molar-refractivity contribution >= 4 is 11.8 Å². The van der Waals surface area contributed by atoms with Gasteiger partial charge in [0.2, 0.25) is 0 Å². The minimum Gasteiger partial charge on any atom is -0.478 e. The Hall–Kier alpha value is -2.30. The molecule has 0 amide bonds. The van der Waals surface area contributed by atoms with Gasteiger partial charge >= 0.3 is 5.97 Å². The van der Waals surface area contributed by atoms with Gasteiger partial charge in [-0.1, -0.05) is 0 Å². The molecule has 0 radical (unpaired) electrons. The number of anilines is 1. The monoisotopic (exact) mass is 231 g/mol. The number of aromatic nitrogens is 2. The first kappa shape index (κ1) is 11.2. The highest BCUT2D eigenvalue weighted by Gasteiger charge is 2.12. The lowest BCUT2D eigenvalue weighted by atomic mass is 9.98. The number of aryl methyl sites for hydroxylation is 1. The summed E-state index contributed by atoms with van der Waals surface area (Å²) in [6, 6.07) is 5.21. The summed E-state index contributed by atoms with van der Waals surface area (Å²) in [5, 5.41) is 15.7. The highest BCUT2D eigenvalue weighted by molar-refractivity contribution is 5.91. The molecule has 1 heterocycles. The molecule has 4 N–H and O–H groups in total. The molecule has 0 saturated heterocycles. The number of nitrogens with two attached hydrogens (primary N) is 1. The van der Waals surface area contributed by atoms with Crippen molar-refractivity contribution in [2.45, 2.75) is 13.8 Å². The van der Waals surface area contributed by atoms with Crippen molar-refractivity contribution in [2.24, 2.45) is 0 Å². The molecule has 0 aliphatic rings. The normalized spacial score (nSPS) is 10.5. The van der Waals surface area contributed by atoms with Crippen LogP contribution in [0.4, 0.5) is 5.82 Å². The Morgan fingerprint density at radius 2 is 2.06 bits per heavy atom. The zero-order valence-corrected chi connectivity index (χ0v) is 9.61. The van der Waals surface area contributed by atoms with Gasteiger partial charge in [0.15, 0.2) is 0 Å². The van der Waals surface area contributed by atoms with E-state index in [4.69, 9.17) is 10.8 Å². The van der Waals surface area contributed by atoms with Crippen LogP contribution in [-0.4, -0.2) is 21.3 Å². The molecule has 0 atom stereocenters. The van der Waals surface area contributed by atoms with E-state index in [-0.39, 0.29) is 0 Å². The van der Waals surface area contributed by atoms with Crippen molar-refractivity contribution in [3.63, 3.8) is 0 Å². The van der Waals surface area contributed by atoms with Gasteiger partial charge in [-0.05, 0) is 37.1 Å². The smallest absolute Gasteiger partial charge is 0.335 e. The highest BCUT2D eigenvalue weighted by Crippen LogP contribution is 2.24. The van der Waals surface area contributed by atoms with E-state index >= 15 is 0 Å². The number of aromatic amines is 1. The molecule has 1 aromatic carbocycles. The van der Waals surface area contributed by atoms with Gasteiger partial charge in [0.25, 0.3) is 0 Å². The molecule has 0 aliphatic heterocycles. The topological polar surface area (TPSA) is 92.0 Å². The predicted octanol–water partition coefficient (Wildman–Crippen LogP) is 1.97. The van der Waals surface area contributed by atoms with Crippen LogP contribution in [0.5, 0.6) is 0 Å². The van der Waals surface area contributed by atoms with E-state index < -0.39 is 5.97 Å². The number of nitrogens with zero attached hydrogens (tertiary/aromatic N) is 1. The van der Waals surface area contributed by atoms with Crippen molar-refractivity contribution in [2.75, 3.05) is 5.73 Å². The first-order chi connectivity index (χ1) is 7.99. The van der Waals surface area contributed by atoms with Crippen LogP contribution in [0.15, 0.2) is 18.2 Å². The van der Waals surface area contributed by atoms with Gasteiger partial charge in [0.1, 0.15) is 5.82 Å². The maximum atomic E-state index is 11.1. The minimum atomic E-state index is -0.931. The summed E-state index contributed by atoms with van der Waals surface area (Å²) in [4.78, 5) is 11.1. The van der Waals surface area contributed by atoms with Crippen LogP contribution in [0.2, 0.25) is 0 Å². The molecule has 0 saturated carbocycles. The zero-order valence-electron chi connectivity index (χ0n) is 9.61. The highest BCUT2D eigenvalue weighted by atomic mass is 16.4. The first-order valence-electron chi connectivity index (χ1n) is 5.15. The number of carboxylic acid groups (broad SMARTS) is 1. The van der Waals surface area contributed by atoms with Crippen LogP contribution in [0.25, 0.3) is 11.3 Å². The van der Waals surface area contributed by atoms with E-state index in [9.17, 15) is 4.79 Å². The summed E-state index contributed by atoms with van der Waals surface area (Å²) >= 11 is 0. The summed E-state index contributed by atoms with van der Waals surface area (Å²) in [5.74, 6) is -0.546. The molecule has 0 aliphatic carbocycles. The first-order valence-corrected chi connectivity index (χ1v) is 5.15. The maximum absolute atomic E-state index is 11.1. The molecule has 2 rings (SSSR count). The number of rotatable bonds is 2. The van der Waals surface area contributed by atoms with Crippen molar-refractivity contribution in [3.05, 3.63) is 34.9 Å². The van der Waals surface area contributed by atoms with Crippen LogP contribution in [0.3, 0.4) is 0 Å². The quantitative estimate of drug-likeness (QED) is 0.736. The van der Waals surface area contributed by atoms with Gasteiger partial charge in [-0.3, -0.25) is 5.10 Å². The van der Waals surface area contributed by atoms with Crippen LogP contribution in [0.1, 0.15) is 21.5 Å². The van der Waals surface area contributed by atoms with E-state index in [1.54, 1.807) is 19.1 Å². The van der Waals surface area contributed by atoms with E-state index in [1.165, 1.54) is 0 Å². The molecular formula is C12H13N3O2. The largest absolute Gasteiger partial charge is 0.478 e. The van der Waals surface area contributed by atoms with Gasteiger partial charge in [0, 0.05) is 11.6 Å². The number of aromatic carboxylic acids is 1. The van der Waals surface area contributed by atoms with Crippen molar-refractivity contribution in [1.82, 2.24) is 10.2 Å². The van der Waals surface area contributed by atoms with E-state index in [1.807, 2.05) is 13.0 Å². The third-order valence-electron chi connectivity index (χ3n) is 2.81. The zero-order chi connectivity index (χ0) is 12.6. The Kier molecular flexibility index (Phi) is 2.59. The molecule has 5 heteroatoms. The Labute approximate surface area is 98.3 Å². The van der Waals surface area contributed by atoms with Gasteiger partial charge in [0.05, 0.1) is 11.3 Å². The van der Waals surface area contributed by atoms with Gasteiger partial charge in [-0.15, -0.1) is 0 Å². The van der Waals surface area contributed by atoms with E-state index in [2.05, 4.69) is 10.2 Å². The summed E-state index contributed by atoms with van der Waals surface area (Å²) in [7, 11) is 0. The third-order valence-corrected chi connectivity index (χ3v) is 2.81. The van der Waals surface area contributed by atoms with E-state index in [0.717, 1.165) is 16.7 Å². The molecule has 17 heavy (non-hydrogen) atoms. The van der Waals surface area contributed by atoms with Crippen LogP contribution < -0.4 is 5.73 Å². The second-order valence-electron chi connectivity index (χ2n) is 3.98.